The second kappa shape index (κ2) is 9.86. The molecule has 0 unspecified atom stereocenters. The molecule has 0 saturated carbocycles. The average Bonchev–Trinajstić information content (AvgIpc) is 3.60. The molecule has 1 fully saturated rings. The van der Waals surface area contributed by atoms with Crippen LogP contribution < -0.4 is 4.90 Å². The van der Waals surface area contributed by atoms with E-state index in [9.17, 15) is 14.4 Å². The van der Waals surface area contributed by atoms with Crippen molar-refractivity contribution in [3.8, 4) is 11.1 Å². The first-order valence-electron chi connectivity index (χ1n) is 15.3. The van der Waals surface area contributed by atoms with Crippen LogP contribution in [0, 0.1) is 20.8 Å². The Kier molecular flexibility index (Phi) is 6.05. The summed E-state index contributed by atoms with van der Waals surface area (Å²) in [4.78, 5) is 44.2. The number of anilines is 3. The number of nitrogens with zero attached hydrogens (tertiary/aromatic N) is 3. The summed E-state index contributed by atoms with van der Waals surface area (Å²) in [7, 11) is 2.81. The zero-order valence-electron chi connectivity index (χ0n) is 26.2. The lowest BCUT2D eigenvalue weighted by atomic mass is 9.66. The van der Waals surface area contributed by atoms with E-state index in [4.69, 9.17) is 0 Å². The van der Waals surface area contributed by atoms with Crippen molar-refractivity contribution in [2.24, 2.45) is 0 Å². The molecule has 0 radical (unpaired) electrons. The maximum absolute atomic E-state index is 13.3. The summed E-state index contributed by atoms with van der Waals surface area (Å²) in [6, 6.07) is 31.8. The van der Waals surface area contributed by atoms with Gasteiger partial charge in [0.05, 0.1) is 16.8 Å². The lowest BCUT2D eigenvalue weighted by molar-refractivity contribution is -0.134. The molecule has 226 valence electrons. The molecule has 4 amide bonds. The molecule has 0 bridgehead atoms. The molecule has 3 heterocycles. The van der Waals surface area contributed by atoms with Gasteiger partial charge in [-0.15, -0.1) is 11.3 Å². The van der Waals surface area contributed by atoms with E-state index in [0.29, 0.717) is 0 Å². The maximum atomic E-state index is 13.3. The molecule has 5 aromatic rings. The monoisotopic (exact) mass is 621 g/mol. The highest BCUT2D eigenvalue weighted by atomic mass is 32.1. The average molecular weight is 622 g/mol. The number of urea groups is 1. The van der Waals surface area contributed by atoms with Crippen molar-refractivity contribution in [1.82, 2.24) is 9.80 Å². The van der Waals surface area contributed by atoms with Gasteiger partial charge >= 0.3 is 6.03 Å². The van der Waals surface area contributed by atoms with Gasteiger partial charge in [0.15, 0.2) is 0 Å². The normalized spacial score (nSPS) is 16.1. The minimum Gasteiger partial charge on any atom is -0.301 e. The van der Waals surface area contributed by atoms with Crippen molar-refractivity contribution in [3.05, 3.63) is 140 Å². The number of likely N-dealkylation sites (N-methyl/N-ethyl adjacent to an activating group) is 2. The summed E-state index contributed by atoms with van der Waals surface area (Å²) in [6.07, 6.45) is 1.66. The molecule has 0 N–H and O–H groups in total. The minimum atomic E-state index is -0.636. The Bertz CT molecular complexity index is 2120. The van der Waals surface area contributed by atoms with Gasteiger partial charge in [0.2, 0.25) is 0 Å². The lowest BCUT2D eigenvalue weighted by Gasteiger charge is -2.44. The van der Waals surface area contributed by atoms with E-state index in [1.54, 1.807) is 17.4 Å². The van der Waals surface area contributed by atoms with Crippen molar-refractivity contribution < 1.29 is 14.4 Å². The number of hydrogen-bond acceptors (Lipinski definition) is 5. The molecule has 2 aliphatic heterocycles. The Hall–Kier alpha value is -5.27. The van der Waals surface area contributed by atoms with E-state index in [1.807, 2.05) is 0 Å². The summed E-state index contributed by atoms with van der Waals surface area (Å²) in [5.74, 6) is -1.20. The predicted molar refractivity (Wildman–Crippen MR) is 183 cm³/mol. The highest BCUT2D eigenvalue weighted by molar-refractivity contribution is 7.17. The van der Waals surface area contributed by atoms with Gasteiger partial charge in [-0.3, -0.25) is 19.4 Å². The molecular weight excluding hydrogens is 591 g/mol. The van der Waals surface area contributed by atoms with E-state index in [2.05, 4.69) is 117 Å². The number of amides is 4. The molecule has 8 rings (SSSR count). The molecule has 1 saturated heterocycles. The Morgan fingerprint density at radius 2 is 1.17 bits per heavy atom. The number of benzene rings is 4. The Morgan fingerprint density at radius 3 is 1.76 bits per heavy atom. The van der Waals surface area contributed by atoms with Crippen LogP contribution in [0.15, 0.2) is 96.6 Å². The van der Waals surface area contributed by atoms with E-state index < -0.39 is 23.3 Å². The first-order valence-corrected chi connectivity index (χ1v) is 16.1. The summed E-state index contributed by atoms with van der Waals surface area (Å²) in [5, 5.41) is 1.03. The third-order valence-corrected chi connectivity index (χ3v) is 10.7. The summed E-state index contributed by atoms with van der Waals surface area (Å²) in [6.45, 7) is 6.43. The van der Waals surface area contributed by atoms with Crippen LogP contribution in [0.3, 0.4) is 0 Å². The molecule has 0 atom stereocenters. The Balaban J connectivity index is 1.48. The predicted octanol–water partition coefficient (Wildman–Crippen LogP) is 8.25. The number of fused-ring (bicyclic) bond motifs is 9. The molecule has 6 nitrogen and oxygen atoms in total. The summed E-state index contributed by atoms with van der Waals surface area (Å²) >= 11 is 1.56. The van der Waals surface area contributed by atoms with Crippen molar-refractivity contribution >= 4 is 51.6 Å². The van der Waals surface area contributed by atoms with Gasteiger partial charge in [-0.05, 0) is 77.9 Å². The van der Waals surface area contributed by atoms with Gasteiger partial charge in [0, 0.05) is 24.5 Å². The SMILES string of the molecule is Cc1cc(C)c(N2c3ccccc3C3(c4ccccc4-c4ccccc43)c3cc(C=C4C(=O)N(C)C(=O)N(C)C4=O)sc32)c(C)c1. The number of thiophene rings is 1. The Labute approximate surface area is 271 Å². The van der Waals surface area contributed by atoms with Crippen molar-refractivity contribution in [1.29, 1.82) is 0 Å². The second-order valence-corrected chi connectivity index (χ2v) is 13.4. The zero-order chi connectivity index (χ0) is 32.1. The topological polar surface area (TPSA) is 60.9 Å². The molecular formula is C39H31N3O3S. The molecule has 7 heteroatoms. The van der Waals surface area contributed by atoms with Crippen LogP contribution in [-0.2, 0) is 15.0 Å². The zero-order valence-corrected chi connectivity index (χ0v) is 27.0. The fourth-order valence-electron chi connectivity index (χ4n) is 7.83. The molecule has 1 aliphatic carbocycles. The number of barbiturate groups is 1. The van der Waals surface area contributed by atoms with Crippen LogP contribution in [0.1, 0.15) is 43.8 Å². The van der Waals surface area contributed by atoms with Gasteiger partial charge in [0.1, 0.15) is 10.6 Å². The molecule has 1 spiro atoms. The smallest absolute Gasteiger partial charge is 0.301 e. The minimum absolute atomic E-state index is 0.0313. The fraction of sp³-hybridized carbons (Fsp3) is 0.154. The largest absolute Gasteiger partial charge is 0.333 e. The summed E-state index contributed by atoms with van der Waals surface area (Å²) in [5.41, 5.74) is 12.1. The van der Waals surface area contributed by atoms with Crippen molar-refractivity contribution in [2.45, 2.75) is 26.2 Å². The number of carbonyl (C=O) groups excluding carboxylic acids is 3. The van der Waals surface area contributed by atoms with Crippen LogP contribution in [0.4, 0.5) is 21.2 Å². The highest BCUT2D eigenvalue weighted by Crippen LogP contribution is 2.65. The number of carbonyl (C=O) groups is 3. The van der Waals surface area contributed by atoms with Crippen LogP contribution in [0.5, 0.6) is 0 Å². The number of hydrogen-bond donors (Lipinski definition) is 0. The number of imide groups is 2. The maximum Gasteiger partial charge on any atom is 0.333 e. The third kappa shape index (κ3) is 3.60. The number of para-hydroxylation sites is 1. The Morgan fingerprint density at radius 1 is 0.652 bits per heavy atom. The first kappa shape index (κ1) is 28.2. The van der Waals surface area contributed by atoms with E-state index in [1.165, 1.54) is 47.5 Å². The van der Waals surface area contributed by atoms with Gasteiger partial charge < -0.3 is 4.90 Å². The molecule has 4 aromatic carbocycles. The van der Waals surface area contributed by atoms with Crippen LogP contribution in [0.25, 0.3) is 17.2 Å². The first-order chi connectivity index (χ1) is 22.1. The number of aryl methyl sites for hydroxylation is 3. The van der Waals surface area contributed by atoms with Crippen molar-refractivity contribution in [2.75, 3.05) is 19.0 Å². The lowest BCUT2D eigenvalue weighted by Crippen LogP contribution is -2.52. The number of rotatable bonds is 2. The molecule has 3 aliphatic rings. The third-order valence-electron chi connectivity index (χ3n) is 9.63. The van der Waals surface area contributed by atoms with Gasteiger partial charge in [0.25, 0.3) is 11.8 Å². The standard InChI is InChI=1S/C39H31N3O3S/c1-22-18-23(2)34(24(3)19-22)42-33-17-11-10-16-31(33)39(29-14-8-6-12-26(29)27-13-7-9-15-30(27)39)32-21-25(46-37(32)42)20-28-35(43)40(4)38(45)41(5)36(28)44/h6-21H,1-5H3. The van der Waals surface area contributed by atoms with Crippen molar-refractivity contribution in [3.63, 3.8) is 0 Å². The molecule has 46 heavy (non-hydrogen) atoms. The van der Waals surface area contributed by atoms with E-state index >= 15 is 0 Å². The second-order valence-electron chi connectivity index (χ2n) is 12.4. The van der Waals surface area contributed by atoms with Crippen LogP contribution in [0.2, 0.25) is 0 Å². The van der Waals surface area contributed by atoms with E-state index in [-0.39, 0.29) is 5.57 Å². The van der Waals surface area contributed by atoms with Gasteiger partial charge in [-0.2, -0.15) is 0 Å². The van der Waals surface area contributed by atoms with Gasteiger partial charge in [-0.1, -0.05) is 84.4 Å². The van der Waals surface area contributed by atoms with Gasteiger partial charge in [-0.25, -0.2) is 4.79 Å². The molecule has 1 aromatic heterocycles. The van der Waals surface area contributed by atoms with Crippen LogP contribution >= 0.6 is 11.3 Å². The quantitative estimate of drug-likeness (QED) is 0.144. The summed E-state index contributed by atoms with van der Waals surface area (Å²) < 4.78 is 0. The highest BCUT2D eigenvalue weighted by Gasteiger charge is 2.52. The van der Waals surface area contributed by atoms with Crippen LogP contribution in [-0.4, -0.2) is 41.7 Å². The van der Waals surface area contributed by atoms with E-state index in [0.717, 1.165) is 47.7 Å². The fourth-order valence-corrected chi connectivity index (χ4v) is 9.01.